The quantitative estimate of drug-likeness (QED) is 0.816. The molecule has 0 saturated heterocycles. The number of methoxy groups -OCH3 is 1. The number of Topliss-reactive ketones (excluding diaryl/α,β-unsaturated/α-hetero) is 1. The molecule has 4 rings (SSSR count). The van der Waals surface area contributed by atoms with Crippen LogP contribution < -0.4 is 5.32 Å². The van der Waals surface area contributed by atoms with Crippen LogP contribution in [-0.2, 0) is 9.53 Å². The highest BCUT2D eigenvalue weighted by atomic mass is 16.5. The summed E-state index contributed by atoms with van der Waals surface area (Å²) in [6.45, 7) is 0. The highest BCUT2D eigenvalue weighted by Gasteiger charge is 2.37. The number of nitrogens with one attached hydrogen (secondary N) is 1. The number of phenols is 1. The van der Waals surface area contributed by atoms with Gasteiger partial charge in [0.2, 0.25) is 0 Å². The Balaban J connectivity index is 1.93. The van der Waals surface area contributed by atoms with E-state index in [4.69, 9.17) is 4.74 Å². The molecule has 2 N–H and O–H groups in total. The summed E-state index contributed by atoms with van der Waals surface area (Å²) in [5.41, 5.74) is 2.51. The van der Waals surface area contributed by atoms with Crippen molar-refractivity contribution in [1.82, 2.24) is 9.78 Å². The second-order valence-corrected chi connectivity index (χ2v) is 6.13. The average molecular weight is 339 g/mol. The van der Waals surface area contributed by atoms with E-state index >= 15 is 0 Å². The van der Waals surface area contributed by atoms with E-state index in [1.54, 1.807) is 22.9 Å². The predicted molar refractivity (Wildman–Crippen MR) is 89.3 cm³/mol. The van der Waals surface area contributed by atoms with Crippen molar-refractivity contribution in [1.29, 1.82) is 0 Å². The highest BCUT2D eigenvalue weighted by molar-refractivity contribution is 6.01. The number of nitrogens with zero attached hydrogens (tertiary/aromatic N) is 2. The van der Waals surface area contributed by atoms with Crippen LogP contribution in [0.5, 0.6) is 5.75 Å². The summed E-state index contributed by atoms with van der Waals surface area (Å²) in [6.07, 6.45) is 3.41. The van der Waals surface area contributed by atoms with Crippen LogP contribution in [-0.4, -0.2) is 33.7 Å². The van der Waals surface area contributed by atoms with Crippen molar-refractivity contribution >= 4 is 17.6 Å². The number of hydrogen-bond donors (Lipinski definition) is 2. The zero-order chi connectivity index (χ0) is 17.6. The topological polar surface area (TPSA) is 93.5 Å². The summed E-state index contributed by atoms with van der Waals surface area (Å²) in [6, 6.07) is 6.28. The van der Waals surface area contributed by atoms with Crippen LogP contribution >= 0.6 is 0 Å². The predicted octanol–water partition coefficient (Wildman–Crippen LogP) is 2.40. The minimum atomic E-state index is -0.491. The molecule has 1 aliphatic carbocycles. The monoisotopic (exact) mass is 339 g/mol. The summed E-state index contributed by atoms with van der Waals surface area (Å²) >= 11 is 0. The molecule has 2 heterocycles. The lowest BCUT2D eigenvalue weighted by Gasteiger charge is -2.33. The molecule has 0 spiro atoms. The van der Waals surface area contributed by atoms with E-state index in [9.17, 15) is 14.7 Å². The van der Waals surface area contributed by atoms with E-state index in [-0.39, 0.29) is 11.5 Å². The first-order chi connectivity index (χ1) is 12.1. The van der Waals surface area contributed by atoms with Crippen LogP contribution in [0.15, 0.2) is 41.7 Å². The van der Waals surface area contributed by atoms with Crippen molar-refractivity contribution in [2.24, 2.45) is 0 Å². The summed E-state index contributed by atoms with van der Waals surface area (Å²) < 4.78 is 6.44. The number of carbonyl (C=O) groups is 2. The standard InChI is InChI=1S/C18H17N3O4/c1-25-18(24)12-9-19-21-16(10-4-2-5-11(22)8-10)15-13(20-17(12)21)6-3-7-14(15)23/h2,4-5,8-9,16,20,22H,3,6-7H2,1H3. The number of carbonyl (C=O) groups excluding carboxylic acids is 2. The Hall–Kier alpha value is -3.09. The fourth-order valence-electron chi connectivity index (χ4n) is 3.52. The van der Waals surface area contributed by atoms with Crippen molar-refractivity contribution in [3.8, 4) is 5.75 Å². The number of anilines is 1. The minimum absolute atomic E-state index is 0.0582. The van der Waals surface area contributed by atoms with E-state index < -0.39 is 12.0 Å². The maximum atomic E-state index is 12.6. The van der Waals surface area contributed by atoms with Crippen LogP contribution in [0.3, 0.4) is 0 Å². The van der Waals surface area contributed by atoms with Gasteiger partial charge in [-0.15, -0.1) is 0 Å². The van der Waals surface area contributed by atoms with Crippen LogP contribution in [0.1, 0.15) is 41.2 Å². The van der Waals surface area contributed by atoms with E-state index in [1.807, 2.05) is 6.07 Å². The van der Waals surface area contributed by atoms with E-state index in [2.05, 4.69) is 10.4 Å². The molecule has 1 unspecified atom stereocenters. The SMILES string of the molecule is COC(=O)c1cnn2c1NC1=C(C(=O)CCC1)C2c1cccc(O)c1. The molecule has 0 bridgehead atoms. The largest absolute Gasteiger partial charge is 0.508 e. The fourth-order valence-corrected chi connectivity index (χ4v) is 3.52. The first-order valence-corrected chi connectivity index (χ1v) is 8.08. The third-order valence-corrected chi connectivity index (χ3v) is 4.63. The lowest BCUT2D eigenvalue weighted by Crippen LogP contribution is -2.31. The normalized spacial score (nSPS) is 19.1. The van der Waals surface area contributed by atoms with Gasteiger partial charge in [-0.25, -0.2) is 9.48 Å². The van der Waals surface area contributed by atoms with Crippen molar-refractivity contribution in [2.45, 2.75) is 25.3 Å². The Morgan fingerprint density at radius 1 is 1.40 bits per heavy atom. The van der Waals surface area contributed by atoms with Crippen LogP contribution in [0.25, 0.3) is 0 Å². The average Bonchev–Trinajstić information content (AvgIpc) is 3.03. The molecule has 128 valence electrons. The number of ketones is 1. The first kappa shape index (κ1) is 15.4. The molecule has 2 aliphatic rings. The summed E-state index contributed by atoms with van der Waals surface area (Å²) in [5.74, 6) is 0.189. The molecule has 0 saturated carbocycles. The van der Waals surface area contributed by atoms with Crippen molar-refractivity contribution < 1.29 is 19.4 Å². The Morgan fingerprint density at radius 3 is 3.00 bits per heavy atom. The van der Waals surface area contributed by atoms with Gasteiger partial charge in [-0.05, 0) is 30.5 Å². The number of allylic oxidation sites excluding steroid dienone is 2. The third kappa shape index (κ3) is 2.39. The van der Waals surface area contributed by atoms with Gasteiger partial charge in [0.05, 0.1) is 13.3 Å². The van der Waals surface area contributed by atoms with Gasteiger partial charge in [-0.3, -0.25) is 4.79 Å². The molecule has 1 aliphatic heterocycles. The molecule has 7 heteroatoms. The molecule has 0 radical (unpaired) electrons. The molecule has 1 atom stereocenters. The van der Waals surface area contributed by atoms with Gasteiger partial charge in [-0.2, -0.15) is 5.10 Å². The van der Waals surface area contributed by atoms with Crippen LogP contribution in [0.4, 0.5) is 5.82 Å². The number of fused-ring (bicyclic) bond motifs is 1. The maximum absolute atomic E-state index is 12.6. The highest BCUT2D eigenvalue weighted by Crippen LogP contribution is 2.42. The molecule has 1 aromatic heterocycles. The Morgan fingerprint density at radius 2 is 2.24 bits per heavy atom. The lowest BCUT2D eigenvalue weighted by atomic mass is 9.85. The number of aromatic nitrogens is 2. The van der Waals surface area contributed by atoms with Gasteiger partial charge in [0.1, 0.15) is 23.2 Å². The lowest BCUT2D eigenvalue weighted by molar-refractivity contribution is -0.116. The number of rotatable bonds is 2. The van der Waals surface area contributed by atoms with E-state index in [1.165, 1.54) is 13.3 Å². The Kier molecular flexibility index (Phi) is 3.56. The van der Waals surface area contributed by atoms with Crippen molar-refractivity contribution in [2.75, 3.05) is 12.4 Å². The minimum Gasteiger partial charge on any atom is -0.508 e. The fraction of sp³-hybridized carbons (Fsp3) is 0.278. The summed E-state index contributed by atoms with van der Waals surface area (Å²) in [7, 11) is 1.32. The van der Waals surface area contributed by atoms with Gasteiger partial charge in [0.25, 0.3) is 0 Å². The summed E-state index contributed by atoms with van der Waals surface area (Å²) in [5, 5.41) is 17.4. The number of ether oxygens (including phenoxy) is 1. The molecule has 7 nitrogen and oxygen atoms in total. The molecule has 0 amide bonds. The van der Waals surface area contributed by atoms with Crippen molar-refractivity contribution in [3.63, 3.8) is 0 Å². The number of benzene rings is 1. The number of aromatic hydroxyl groups is 1. The third-order valence-electron chi connectivity index (χ3n) is 4.63. The van der Waals surface area contributed by atoms with Gasteiger partial charge in [0, 0.05) is 17.7 Å². The maximum Gasteiger partial charge on any atom is 0.343 e. The van der Waals surface area contributed by atoms with E-state index in [0.717, 1.165) is 24.1 Å². The van der Waals surface area contributed by atoms with Crippen LogP contribution in [0.2, 0.25) is 0 Å². The molecule has 1 aromatic carbocycles. The molecular weight excluding hydrogens is 322 g/mol. The van der Waals surface area contributed by atoms with Gasteiger partial charge in [-0.1, -0.05) is 12.1 Å². The number of hydrogen-bond acceptors (Lipinski definition) is 6. The molecule has 25 heavy (non-hydrogen) atoms. The smallest absolute Gasteiger partial charge is 0.343 e. The van der Waals surface area contributed by atoms with Crippen LogP contribution in [0, 0.1) is 0 Å². The summed E-state index contributed by atoms with van der Waals surface area (Å²) in [4.78, 5) is 24.6. The Bertz CT molecular complexity index is 913. The second-order valence-electron chi connectivity index (χ2n) is 6.13. The molecule has 0 fully saturated rings. The number of phenolic OH excluding ortho intramolecular Hbond substituents is 1. The zero-order valence-electron chi connectivity index (χ0n) is 13.7. The van der Waals surface area contributed by atoms with Gasteiger partial charge < -0.3 is 15.2 Å². The first-order valence-electron chi connectivity index (χ1n) is 8.08. The van der Waals surface area contributed by atoms with Gasteiger partial charge >= 0.3 is 5.97 Å². The Labute approximate surface area is 143 Å². The van der Waals surface area contributed by atoms with Crippen molar-refractivity contribution in [3.05, 3.63) is 52.9 Å². The van der Waals surface area contributed by atoms with E-state index in [0.29, 0.717) is 23.4 Å². The zero-order valence-corrected chi connectivity index (χ0v) is 13.7. The molecule has 2 aromatic rings. The molecular formula is C18H17N3O4. The second kappa shape index (κ2) is 5.77. The van der Waals surface area contributed by atoms with Gasteiger partial charge in [0.15, 0.2) is 5.78 Å². The number of esters is 1.